The lowest BCUT2D eigenvalue weighted by atomic mass is 9.81. The molecule has 6 rings (SSSR count). The minimum absolute atomic E-state index is 0.0645. The van der Waals surface area contributed by atoms with Crippen LogP contribution in [0.15, 0.2) is 87.1 Å². The quantitative estimate of drug-likeness (QED) is 0.238. The van der Waals surface area contributed by atoms with Crippen molar-refractivity contribution in [3.8, 4) is 0 Å². The highest BCUT2D eigenvalue weighted by Gasteiger charge is 2.56. The second kappa shape index (κ2) is 11.2. The van der Waals surface area contributed by atoms with Gasteiger partial charge in [0.1, 0.15) is 11.8 Å². The number of amides is 3. The second-order valence-corrected chi connectivity index (χ2v) is 15.0. The van der Waals surface area contributed by atoms with E-state index in [9.17, 15) is 19.2 Å². The van der Waals surface area contributed by atoms with Crippen LogP contribution in [0.25, 0.3) is 0 Å². The fraction of sp³-hybridized carbons (Fsp3) is 0.273. The molecule has 3 heterocycles. The number of halogens is 1. The van der Waals surface area contributed by atoms with Crippen molar-refractivity contribution < 1.29 is 14.4 Å². The summed E-state index contributed by atoms with van der Waals surface area (Å²) in [5.74, 6) is -2.15. The zero-order valence-corrected chi connectivity index (χ0v) is 27.3. The van der Waals surface area contributed by atoms with Gasteiger partial charge in [-0.25, -0.2) is 4.90 Å². The normalized spacial score (nSPS) is 19.7. The van der Waals surface area contributed by atoms with Crippen LogP contribution in [-0.4, -0.2) is 27.5 Å². The first-order valence-electron chi connectivity index (χ1n) is 13.9. The number of fused-ring (bicyclic) bond motifs is 2. The lowest BCUT2D eigenvalue weighted by Gasteiger charge is -2.31. The monoisotopic (exact) mass is 675 g/mol. The van der Waals surface area contributed by atoms with Crippen LogP contribution in [0.3, 0.4) is 0 Å². The summed E-state index contributed by atoms with van der Waals surface area (Å²) < 4.78 is 2.29. The molecule has 0 unspecified atom stereocenters. The number of benzene rings is 3. The van der Waals surface area contributed by atoms with Gasteiger partial charge in [-0.1, -0.05) is 96.2 Å². The molecule has 0 spiro atoms. The van der Waals surface area contributed by atoms with Crippen LogP contribution in [0.4, 0.5) is 11.4 Å². The summed E-state index contributed by atoms with van der Waals surface area (Å²) in [4.78, 5) is 56.2. The molecule has 1 saturated heterocycles. The Labute approximate surface area is 266 Å². The number of thiazole rings is 1. The van der Waals surface area contributed by atoms with E-state index in [0.29, 0.717) is 21.3 Å². The Bertz CT molecular complexity index is 1810. The van der Waals surface area contributed by atoms with Gasteiger partial charge in [-0.2, -0.15) is 0 Å². The molecule has 1 N–H and O–H groups in total. The van der Waals surface area contributed by atoms with Crippen molar-refractivity contribution in [2.24, 2.45) is 5.92 Å². The average molecular weight is 677 g/mol. The second-order valence-electron chi connectivity index (χ2n) is 11.9. The topological polar surface area (TPSA) is 88.5 Å². The summed E-state index contributed by atoms with van der Waals surface area (Å²) in [6.45, 7) is 8.15. The molecule has 0 radical (unpaired) electrons. The number of nitrogens with one attached hydrogen (secondary N) is 1. The van der Waals surface area contributed by atoms with Crippen LogP contribution in [0, 0.1) is 12.8 Å². The molecule has 1 aromatic heterocycles. The number of anilines is 2. The maximum atomic E-state index is 14.1. The number of carbonyl (C=O) groups is 3. The number of rotatable bonds is 5. The molecule has 3 atom stereocenters. The van der Waals surface area contributed by atoms with E-state index < -0.39 is 17.1 Å². The SMILES string of the molecule is Cc1cccc(NC(=O)Cn2c3c(sc2=O)[C@@H](c2ccc(C(C)(C)C)cc2)[C@@H]2C(=O)N(c4ccc(Br)cc4)C(=O)[C@@H]2S3)c1. The summed E-state index contributed by atoms with van der Waals surface area (Å²) in [6.07, 6.45) is 0. The minimum Gasteiger partial charge on any atom is -0.325 e. The number of aromatic nitrogens is 1. The summed E-state index contributed by atoms with van der Waals surface area (Å²) in [7, 11) is 0. The lowest BCUT2D eigenvalue weighted by Crippen LogP contribution is -2.33. The average Bonchev–Trinajstić information content (AvgIpc) is 3.39. The van der Waals surface area contributed by atoms with E-state index in [0.717, 1.165) is 32.5 Å². The van der Waals surface area contributed by atoms with Gasteiger partial charge in [-0.15, -0.1) is 0 Å². The van der Waals surface area contributed by atoms with E-state index in [2.05, 4.69) is 54.2 Å². The van der Waals surface area contributed by atoms with Crippen LogP contribution < -0.4 is 15.1 Å². The standard InChI is InChI=1S/C33H30BrN3O4S2/c1-18-6-5-7-22(16-18)35-24(38)17-36-31-28(43-32(36)41)25(19-8-10-20(11-9-19)33(2,3)4)26-27(42-31)30(40)37(29(26)39)23-14-12-21(34)13-15-23/h5-16,25-27H,17H2,1-4H3,(H,35,38)/t25-,26-,27+/m0/s1. The highest BCUT2D eigenvalue weighted by atomic mass is 79.9. The lowest BCUT2D eigenvalue weighted by molar-refractivity contribution is -0.122. The Hall–Kier alpha value is -3.47. The third-order valence-electron chi connectivity index (χ3n) is 7.87. The Morgan fingerprint density at radius 2 is 1.65 bits per heavy atom. The van der Waals surface area contributed by atoms with Crippen molar-refractivity contribution in [2.45, 2.75) is 55.8 Å². The zero-order valence-electron chi connectivity index (χ0n) is 24.1. The van der Waals surface area contributed by atoms with Gasteiger partial charge in [0.25, 0.3) is 0 Å². The molecule has 4 aromatic rings. The molecule has 220 valence electrons. The number of imide groups is 1. The molecule has 0 aliphatic carbocycles. The van der Waals surface area contributed by atoms with E-state index >= 15 is 0 Å². The molecule has 10 heteroatoms. The summed E-state index contributed by atoms with van der Waals surface area (Å²) >= 11 is 5.69. The van der Waals surface area contributed by atoms with Crippen molar-refractivity contribution in [3.63, 3.8) is 0 Å². The third kappa shape index (κ3) is 5.52. The van der Waals surface area contributed by atoms with Gasteiger partial charge >= 0.3 is 4.87 Å². The van der Waals surface area contributed by atoms with Crippen LogP contribution in [0.2, 0.25) is 0 Å². The molecule has 1 fully saturated rings. The molecule has 2 aliphatic rings. The van der Waals surface area contributed by atoms with Crippen molar-refractivity contribution in [1.29, 1.82) is 0 Å². The van der Waals surface area contributed by atoms with Crippen LogP contribution >= 0.6 is 39.0 Å². The largest absolute Gasteiger partial charge is 0.325 e. The Balaban J connectivity index is 1.42. The summed E-state index contributed by atoms with van der Waals surface area (Å²) in [6, 6.07) is 22.7. The number of hydrogen-bond donors (Lipinski definition) is 1. The van der Waals surface area contributed by atoms with Gasteiger partial charge in [0.05, 0.1) is 16.6 Å². The van der Waals surface area contributed by atoms with Crippen LogP contribution in [0.5, 0.6) is 0 Å². The van der Waals surface area contributed by atoms with Gasteiger partial charge in [-0.3, -0.25) is 23.7 Å². The van der Waals surface area contributed by atoms with Crippen molar-refractivity contribution in [3.05, 3.63) is 109 Å². The summed E-state index contributed by atoms with van der Waals surface area (Å²) in [5.41, 5.74) is 4.10. The van der Waals surface area contributed by atoms with E-state index in [1.807, 2.05) is 37.3 Å². The Morgan fingerprint density at radius 3 is 2.30 bits per heavy atom. The van der Waals surface area contributed by atoms with Gasteiger partial charge < -0.3 is 5.32 Å². The number of nitrogens with zero attached hydrogens (tertiary/aromatic N) is 2. The summed E-state index contributed by atoms with van der Waals surface area (Å²) in [5, 5.41) is 2.71. The maximum Gasteiger partial charge on any atom is 0.308 e. The molecule has 7 nitrogen and oxygen atoms in total. The number of hydrogen-bond acceptors (Lipinski definition) is 6. The number of aryl methyl sites for hydroxylation is 1. The molecule has 3 aromatic carbocycles. The molecule has 0 bridgehead atoms. The fourth-order valence-electron chi connectivity index (χ4n) is 5.72. The van der Waals surface area contributed by atoms with Gasteiger partial charge in [0.2, 0.25) is 17.7 Å². The van der Waals surface area contributed by atoms with Crippen molar-refractivity contribution >= 4 is 68.1 Å². The first-order chi connectivity index (χ1) is 20.4. The zero-order chi connectivity index (χ0) is 30.6. The van der Waals surface area contributed by atoms with E-state index in [4.69, 9.17) is 0 Å². The van der Waals surface area contributed by atoms with Crippen molar-refractivity contribution in [2.75, 3.05) is 10.2 Å². The third-order valence-corrected chi connectivity index (χ3v) is 11.0. The fourth-order valence-corrected chi connectivity index (χ4v) is 8.75. The van der Waals surface area contributed by atoms with Gasteiger partial charge in [0.15, 0.2) is 0 Å². The van der Waals surface area contributed by atoms with E-state index in [1.54, 1.807) is 30.3 Å². The molecule has 0 saturated carbocycles. The molecule has 2 aliphatic heterocycles. The molecular weight excluding hydrogens is 646 g/mol. The van der Waals surface area contributed by atoms with Gasteiger partial charge in [0, 0.05) is 21.0 Å². The molecular formula is C33H30BrN3O4S2. The van der Waals surface area contributed by atoms with E-state index in [1.165, 1.54) is 21.2 Å². The predicted octanol–water partition coefficient (Wildman–Crippen LogP) is 6.71. The minimum atomic E-state index is -0.740. The number of carbonyl (C=O) groups excluding carboxylic acids is 3. The van der Waals surface area contributed by atoms with E-state index in [-0.39, 0.29) is 34.6 Å². The first kappa shape index (κ1) is 29.6. The van der Waals surface area contributed by atoms with Crippen LogP contribution in [0.1, 0.15) is 48.3 Å². The maximum absolute atomic E-state index is 14.1. The first-order valence-corrected chi connectivity index (χ1v) is 16.4. The molecule has 3 amide bonds. The highest BCUT2D eigenvalue weighted by Crippen LogP contribution is 2.54. The number of thioether (sulfide) groups is 1. The van der Waals surface area contributed by atoms with Crippen molar-refractivity contribution in [1.82, 2.24) is 4.57 Å². The Morgan fingerprint density at radius 1 is 0.953 bits per heavy atom. The predicted molar refractivity (Wildman–Crippen MR) is 175 cm³/mol. The highest BCUT2D eigenvalue weighted by molar-refractivity contribution is 9.10. The van der Waals surface area contributed by atoms with Gasteiger partial charge in [-0.05, 0) is 65.4 Å². The molecule has 43 heavy (non-hydrogen) atoms. The van der Waals surface area contributed by atoms with Crippen LogP contribution in [-0.2, 0) is 26.3 Å². The Kier molecular flexibility index (Phi) is 7.73. The smallest absolute Gasteiger partial charge is 0.308 e.